The molecule has 0 radical (unpaired) electrons. The minimum atomic E-state index is -0.376. The maximum Gasteiger partial charge on any atom is 0.161 e. The second-order valence-electron chi connectivity index (χ2n) is 4.43. The third-order valence-electron chi connectivity index (χ3n) is 2.87. The summed E-state index contributed by atoms with van der Waals surface area (Å²) < 4.78 is 15.7. The fraction of sp³-hybridized carbons (Fsp3) is 0.0714. The van der Waals surface area contributed by atoms with Gasteiger partial charge in [0.2, 0.25) is 0 Å². The predicted octanol–water partition coefficient (Wildman–Crippen LogP) is 4.10. The Morgan fingerprint density at radius 1 is 1.19 bits per heavy atom. The number of benzene rings is 1. The Hall–Kier alpha value is -1.79. The summed E-state index contributed by atoms with van der Waals surface area (Å²) in [6, 6.07) is 6.35. The van der Waals surface area contributed by atoms with Crippen LogP contribution in [0.4, 0.5) is 4.39 Å². The standard InChI is InChI=1S/C14H9BrClFN4/c1-21-7-9(6-18-21)12-5-13(16)20-14(19-12)8-2-3-10(15)11(17)4-8/h2-7H,1H3. The van der Waals surface area contributed by atoms with Gasteiger partial charge < -0.3 is 0 Å². The molecule has 2 aromatic heterocycles. The zero-order valence-corrected chi connectivity index (χ0v) is 13.2. The topological polar surface area (TPSA) is 43.6 Å². The fourth-order valence-electron chi connectivity index (χ4n) is 1.88. The minimum absolute atomic E-state index is 0.294. The smallest absolute Gasteiger partial charge is 0.161 e. The summed E-state index contributed by atoms with van der Waals surface area (Å²) in [5.41, 5.74) is 2.02. The van der Waals surface area contributed by atoms with Gasteiger partial charge >= 0.3 is 0 Å². The van der Waals surface area contributed by atoms with Gasteiger partial charge in [-0.3, -0.25) is 4.68 Å². The molecule has 0 saturated heterocycles. The number of nitrogens with zero attached hydrogens (tertiary/aromatic N) is 4. The quantitative estimate of drug-likeness (QED) is 0.641. The normalized spacial score (nSPS) is 10.9. The Kier molecular flexibility index (Phi) is 3.73. The van der Waals surface area contributed by atoms with Crippen molar-refractivity contribution < 1.29 is 4.39 Å². The van der Waals surface area contributed by atoms with Crippen molar-refractivity contribution in [2.45, 2.75) is 0 Å². The van der Waals surface area contributed by atoms with Crippen molar-refractivity contribution >= 4 is 27.5 Å². The summed E-state index contributed by atoms with van der Waals surface area (Å²) in [5.74, 6) is -0.00763. The Morgan fingerprint density at radius 2 is 2.00 bits per heavy atom. The minimum Gasteiger partial charge on any atom is -0.275 e. The Labute approximate surface area is 133 Å². The van der Waals surface area contributed by atoms with Gasteiger partial charge in [-0.05, 0) is 34.1 Å². The predicted molar refractivity (Wildman–Crippen MR) is 82.3 cm³/mol. The fourth-order valence-corrected chi connectivity index (χ4v) is 2.31. The van der Waals surface area contributed by atoms with E-state index < -0.39 is 0 Å². The highest BCUT2D eigenvalue weighted by molar-refractivity contribution is 9.10. The number of hydrogen-bond acceptors (Lipinski definition) is 3. The zero-order chi connectivity index (χ0) is 15.0. The summed E-state index contributed by atoms with van der Waals surface area (Å²) in [5, 5.41) is 4.39. The van der Waals surface area contributed by atoms with Gasteiger partial charge in [0.1, 0.15) is 11.0 Å². The third-order valence-corrected chi connectivity index (χ3v) is 3.71. The highest BCUT2D eigenvalue weighted by Crippen LogP contribution is 2.26. The molecule has 4 nitrogen and oxygen atoms in total. The lowest BCUT2D eigenvalue weighted by molar-refractivity contribution is 0.621. The van der Waals surface area contributed by atoms with Crippen LogP contribution in [-0.2, 0) is 7.05 Å². The van der Waals surface area contributed by atoms with Crippen LogP contribution in [0.2, 0.25) is 5.15 Å². The summed E-state index contributed by atoms with van der Waals surface area (Å²) in [6.45, 7) is 0. The average molecular weight is 368 g/mol. The maximum atomic E-state index is 13.6. The van der Waals surface area contributed by atoms with Crippen LogP contribution in [0.25, 0.3) is 22.6 Å². The second-order valence-corrected chi connectivity index (χ2v) is 5.67. The van der Waals surface area contributed by atoms with Crippen LogP contribution in [0.1, 0.15) is 0 Å². The number of rotatable bonds is 2. The molecule has 7 heteroatoms. The summed E-state index contributed by atoms with van der Waals surface area (Å²) >= 11 is 9.16. The molecule has 3 rings (SSSR count). The van der Waals surface area contributed by atoms with Crippen molar-refractivity contribution in [1.29, 1.82) is 0 Å². The lowest BCUT2D eigenvalue weighted by atomic mass is 10.2. The van der Waals surface area contributed by atoms with Gasteiger partial charge in [0.15, 0.2) is 5.82 Å². The van der Waals surface area contributed by atoms with Crippen molar-refractivity contribution in [3.05, 3.63) is 52.1 Å². The van der Waals surface area contributed by atoms with Gasteiger partial charge in [-0.25, -0.2) is 14.4 Å². The van der Waals surface area contributed by atoms with E-state index in [4.69, 9.17) is 11.6 Å². The van der Waals surface area contributed by atoms with Crippen molar-refractivity contribution in [3.8, 4) is 22.6 Å². The van der Waals surface area contributed by atoms with Crippen molar-refractivity contribution in [3.63, 3.8) is 0 Å². The SMILES string of the molecule is Cn1cc(-c2cc(Cl)nc(-c3ccc(Br)c(F)c3)n2)cn1. The van der Waals surface area contributed by atoms with Crippen LogP contribution in [0.15, 0.2) is 41.1 Å². The molecule has 1 aromatic carbocycles. The summed E-state index contributed by atoms with van der Waals surface area (Å²) in [7, 11) is 1.82. The van der Waals surface area contributed by atoms with E-state index in [1.54, 1.807) is 29.1 Å². The van der Waals surface area contributed by atoms with Crippen molar-refractivity contribution in [2.75, 3.05) is 0 Å². The van der Waals surface area contributed by atoms with E-state index in [1.165, 1.54) is 6.07 Å². The first-order chi connectivity index (χ1) is 10.0. The van der Waals surface area contributed by atoms with E-state index in [2.05, 4.69) is 31.0 Å². The molecule has 0 N–H and O–H groups in total. The molecule has 0 unspecified atom stereocenters. The molecule has 0 aliphatic rings. The van der Waals surface area contributed by atoms with Gasteiger partial charge in [0.25, 0.3) is 0 Å². The Bertz CT molecular complexity index is 818. The Balaban J connectivity index is 2.11. The molecule has 0 spiro atoms. The van der Waals surface area contributed by atoms with Gasteiger partial charge in [0, 0.05) is 30.4 Å². The third kappa shape index (κ3) is 2.96. The molecule has 0 saturated carbocycles. The monoisotopic (exact) mass is 366 g/mol. The Morgan fingerprint density at radius 3 is 2.67 bits per heavy atom. The first-order valence-corrected chi connectivity index (χ1v) is 7.19. The summed E-state index contributed by atoms with van der Waals surface area (Å²) in [4.78, 5) is 8.58. The molecule has 106 valence electrons. The van der Waals surface area contributed by atoms with Crippen molar-refractivity contribution in [1.82, 2.24) is 19.7 Å². The van der Waals surface area contributed by atoms with Gasteiger partial charge in [-0.1, -0.05) is 11.6 Å². The maximum absolute atomic E-state index is 13.6. The average Bonchev–Trinajstić information content (AvgIpc) is 2.88. The van der Waals surface area contributed by atoms with E-state index in [0.29, 0.717) is 26.7 Å². The molecule has 0 amide bonds. The molecular weight excluding hydrogens is 359 g/mol. The van der Waals surface area contributed by atoms with E-state index in [9.17, 15) is 4.39 Å². The first kappa shape index (κ1) is 14.2. The van der Waals surface area contributed by atoms with Crippen LogP contribution >= 0.6 is 27.5 Å². The molecule has 0 fully saturated rings. The van der Waals surface area contributed by atoms with E-state index in [-0.39, 0.29) is 5.82 Å². The molecular formula is C14H9BrClFN4. The number of halogens is 3. The van der Waals surface area contributed by atoms with E-state index >= 15 is 0 Å². The highest BCUT2D eigenvalue weighted by Gasteiger charge is 2.10. The van der Waals surface area contributed by atoms with Crippen LogP contribution in [0, 0.1) is 5.82 Å². The number of hydrogen-bond donors (Lipinski definition) is 0. The van der Waals surface area contributed by atoms with E-state index in [0.717, 1.165) is 5.56 Å². The number of aryl methyl sites for hydroxylation is 1. The molecule has 0 aliphatic heterocycles. The van der Waals surface area contributed by atoms with Crippen LogP contribution in [0.3, 0.4) is 0 Å². The van der Waals surface area contributed by atoms with Gasteiger partial charge in [0.05, 0.1) is 16.4 Å². The molecule has 2 heterocycles. The molecule has 0 aliphatic carbocycles. The lowest BCUT2D eigenvalue weighted by Gasteiger charge is -2.05. The zero-order valence-electron chi connectivity index (χ0n) is 10.9. The molecule has 0 atom stereocenters. The molecule has 21 heavy (non-hydrogen) atoms. The van der Waals surface area contributed by atoms with Crippen LogP contribution in [-0.4, -0.2) is 19.7 Å². The largest absolute Gasteiger partial charge is 0.275 e. The summed E-state index contributed by atoms with van der Waals surface area (Å²) in [6.07, 6.45) is 3.51. The van der Waals surface area contributed by atoms with Crippen molar-refractivity contribution in [2.24, 2.45) is 7.05 Å². The molecule has 3 aromatic rings. The first-order valence-electron chi connectivity index (χ1n) is 6.02. The number of aromatic nitrogens is 4. The highest BCUT2D eigenvalue weighted by atomic mass is 79.9. The second kappa shape index (κ2) is 5.54. The van der Waals surface area contributed by atoms with Crippen LogP contribution < -0.4 is 0 Å². The van der Waals surface area contributed by atoms with Crippen LogP contribution in [0.5, 0.6) is 0 Å². The van der Waals surface area contributed by atoms with Gasteiger partial charge in [-0.15, -0.1) is 0 Å². The molecule has 0 bridgehead atoms. The van der Waals surface area contributed by atoms with E-state index in [1.807, 2.05) is 13.2 Å². The lowest BCUT2D eigenvalue weighted by Crippen LogP contribution is -1.93. The van der Waals surface area contributed by atoms with Gasteiger partial charge in [-0.2, -0.15) is 5.10 Å².